The number of benzene rings is 3. The van der Waals surface area contributed by atoms with Crippen molar-refractivity contribution >= 4 is 40.3 Å². The molecule has 7 nitrogen and oxygen atoms in total. The molecule has 0 bridgehead atoms. The van der Waals surface area contributed by atoms with Crippen molar-refractivity contribution in [1.82, 2.24) is 0 Å². The molecule has 0 atom stereocenters. The summed E-state index contributed by atoms with van der Waals surface area (Å²) in [6.45, 7) is 4.07. The van der Waals surface area contributed by atoms with Crippen LogP contribution in [0.15, 0.2) is 60.7 Å². The summed E-state index contributed by atoms with van der Waals surface area (Å²) in [7, 11) is 0. The van der Waals surface area contributed by atoms with Crippen LogP contribution in [0.3, 0.4) is 0 Å². The molecule has 0 aromatic heterocycles. The molecule has 170 valence electrons. The van der Waals surface area contributed by atoms with Gasteiger partial charge >= 0.3 is 0 Å². The Morgan fingerprint density at radius 3 is 2.30 bits per heavy atom. The Bertz CT molecular complexity index is 1210. The zero-order chi connectivity index (χ0) is 23.5. The Labute approximate surface area is 195 Å². The van der Waals surface area contributed by atoms with Crippen LogP contribution < -0.4 is 15.1 Å². The van der Waals surface area contributed by atoms with Crippen molar-refractivity contribution in [3.05, 3.63) is 92.7 Å². The number of nitrogens with one attached hydrogen (secondary N) is 1. The highest BCUT2D eigenvalue weighted by Gasteiger charge is 2.26. The Hall–Kier alpha value is -3.65. The van der Waals surface area contributed by atoms with Crippen molar-refractivity contribution in [2.75, 3.05) is 41.3 Å². The van der Waals surface area contributed by atoms with Crippen molar-refractivity contribution in [2.24, 2.45) is 0 Å². The summed E-state index contributed by atoms with van der Waals surface area (Å²) in [5.41, 5.74) is 2.11. The largest absolute Gasteiger partial charge is 0.367 e. The summed E-state index contributed by atoms with van der Waals surface area (Å²) in [5.74, 6) is -0.985. The fourth-order valence-electron chi connectivity index (χ4n) is 3.85. The molecule has 0 aliphatic carbocycles. The molecule has 1 fully saturated rings. The SMILES string of the molecule is Cc1ccc(NC(=O)c2ccc(N3CCN(c4ccccc4Cl)CC3)c([N+](=O)[O-])c2)cc1F. The standard InChI is InChI=1S/C24H22ClFN4O3/c1-16-6-8-18(15-20(16)26)27-24(31)17-7-9-22(23(14-17)30(32)33)29-12-10-28(11-13-29)21-5-3-2-4-19(21)25/h2-9,14-15H,10-13H2,1H3,(H,27,31). The van der Waals surface area contributed by atoms with E-state index in [1.807, 2.05) is 29.2 Å². The Balaban J connectivity index is 1.50. The number of hydrogen-bond acceptors (Lipinski definition) is 5. The highest BCUT2D eigenvalue weighted by molar-refractivity contribution is 6.33. The van der Waals surface area contributed by atoms with Crippen molar-refractivity contribution in [2.45, 2.75) is 6.92 Å². The van der Waals surface area contributed by atoms with Gasteiger partial charge in [-0.1, -0.05) is 29.8 Å². The maximum absolute atomic E-state index is 13.8. The molecule has 3 aromatic rings. The van der Waals surface area contributed by atoms with Crippen LogP contribution in [0.1, 0.15) is 15.9 Å². The van der Waals surface area contributed by atoms with E-state index in [0.29, 0.717) is 42.5 Å². The number of para-hydroxylation sites is 1. The van der Waals surface area contributed by atoms with Crippen LogP contribution in [0.4, 0.5) is 27.1 Å². The van der Waals surface area contributed by atoms with Gasteiger partial charge in [-0.25, -0.2) is 4.39 Å². The topological polar surface area (TPSA) is 78.7 Å². The van der Waals surface area contributed by atoms with E-state index in [2.05, 4.69) is 10.2 Å². The number of anilines is 3. The van der Waals surface area contributed by atoms with Gasteiger partial charge < -0.3 is 15.1 Å². The highest BCUT2D eigenvalue weighted by atomic mass is 35.5. The van der Waals surface area contributed by atoms with Gasteiger partial charge in [-0.3, -0.25) is 14.9 Å². The smallest absolute Gasteiger partial charge is 0.293 e. The number of piperazine rings is 1. The summed E-state index contributed by atoms with van der Waals surface area (Å²) in [6.07, 6.45) is 0. The molecule has 0 radical (unpaired) electrons. The molecule has 4 rings (SSSR count). The lowest BCUT2D eigenvalue weighted by molar-refractivity contribution is -0.384. The van der Waals surface area contributed by atoms with Gasteiger partial charge in [0.15, 0.2) is 0 Å². The molecule has 3 aromatic carbocycles. The second kappa shape index (κ2) is 9.46. The van der Waals surface area contributed by atoms with Crippen LogP contribution in [-0.2, 0) is 0 Å². The van der Waals surface area contributed by atoms with Gasteiger partial charge in [0.05, 0.1) is 15.6 Å². The number of rotatable bonds is 5. The number of amides is 1. The number of carbonyl (C=O) groups excluding carboxylic acids is 1. The molecule has 1 N–H and O–H groups in total. The number of aryl methyl sites for hydroxylation is 1. The van der Waals surface area contributed by atoms with Gasteiger partial charge in [0, 0.05) is 43.5 Å². The Kier molecular flexibility index (Phi) is 6.46. The summed E-state index contributed by atoms with van der Waals surface area (Å²) >= 11 is 6.30. The van der Waals surface area contributed by atoms with Crippen LogP contribution in [0.5, 0.6) is 0 Å². The first-order chi connectivity index (χ1) is 15.8. The summed E-state index contributed by atoms with van der Waals surface area (Å²) in [4.78, 5) is 28.0. The van der Waals surface area contributed by atoms with Gasteiger partial charge in [0.2, 0.25) is 0 Å². The van der Waals surface area contributed by atoms with Crippen LogP contribution in [0.25, 0.3) is 0 Å². The normalized spacial score (nSPS) is 13.7. The Morgan fingerprint density at radius 1 is 1.00 bits per heavy atom. The number of carbonyl (C=O) groups is 1. The van der Waals surface area contributed by atoms with Crippen molar-refractivity contribution in [1.29, 1.82) is 0 Å². The first kappa shape index (κ1) is 22.5. The van der Waals surface area contributed by atoms with Gasteiger partial charge in [-0.15, -0.1) is 0 Å². The Morgan fingerprint density at radius 2 is 1.67 bits per heavy atom. The van der Waals surface area contributed by atoms with Crippen LogP contribution >= 0.6 is 11.6 Å². The lowest BCUT2D eigenvalue weighted by Gasteiger charge is -2.37. The molecule has 1 aliphatic heterocycles. The van der Waals surface area contributed by atoms with E-state index in [-0.39, 0.29) is 16.9 Å². The number of halogens is 2. The fourth-order valence-corrected chi connectivity index (χ4v) is 4.10. The monoisotopic (exact) mass is 468 g/mol. The summed E-state index contributed by atoms with van der Waals surface area (Å²) < 4.78 is 13.8. The summed E-state index contributed by atoms with van der Waals surface area (Å²) in [5, 5.41) is 15.0. The van der Waals surface area contributed by atoms with Gasteiger partial charge in [-0.2, -0.15) is 0 Å². The first-order valence-corrected chi connectivity index (χ1v) is 10.8. The molecule has 9 heteroatoms. The predicted octanol–water partition coefficient (Wildman–Crippen LogP) is 5.27. The fraction of sp³-hybridized carbons (Fsp3) is 0.208. The van der Waals surface area contributed by atoms with Crippen molar-refractivity contribution in [3.8, 4) is 0 Å². The molecular formula is C24H22ClFN4O3. The predicted molar refractivity (Wildman–Crippen MR) is 128 cm³/mol. The minimum absolute atomic E-state index is 0.126. The maximum atomic E-state index is 13.8. The molecule has 0 unspecified atom stereocenters. The average molecular weight is 469 g/mol. The lowest BCUT2D eigenvalue weighted by Crippen LogP contribution is -2.46. The van der Waals surface area contributed by atoms with E-state index in [9.17, 15) is 19.3 Å². The second-order valence-electron chi connectivity index (χ2n) is 7.80. The molecule has 0 saturated carbocycles. The van der Waals surface area contributed by atoms with E-state index < -0.39 is 16.6 Å². The third-order valence-corrected chi connectivity index (χ3v) is 6.00. The van der Waals surface area contributed by atoms with E-state index in [0.717, 1.165) is 5.69 Å². The van der Waals surface area contributed by atoms with E-state index in [1.165, 1.54) is 12.1 Å². The van der Waals surface area contributed by atoms with Crippen LogP contribution in [0.2, 0.25) is 5.02 Å². The van der Waals surface area contributed by atoms with Crippen molar-refractivity contribution in [3.63, 3.8) is 0 Å². The molecule has 1 aliphatic rings. The van der Waals surface area contributed by atoms with E-state index in [4.69, 9.17) is 11.6 Å². The zero-order valence-corrected chi connectivity index (χ0v) is 18.7. The molecule has 0 spiro atoms. The zero-order valence-electron chi connectivity index (χ0n) is 17.9. The maximum Gasteiger partial charge on any atom is 0.293 e. The number of nitro groups is 1. The van der Waals surface area contributed by atoms with Crippen molar-refractivity contribution < 1.29 is 14.1 Å². The third kappa shape index (κ3) is 4.90. The minimum atomic E-state index is -0.545. The lowest BCUT2D eigenvalue weighted by atomic mass is 10.1. The number of nitrogens with zero attached hydrogens (tertiary/aromatic N) is 3. The summed E-state index contributed by atoms with van der Waals surface area (Å²) in [6, 6.07) is 16.3. The molecule has 1 amide bonds. The highest BCUT2D eigenvalue weighted by Crippen LogP contribution is 2.32. The van der Waals surface area contributed by atoms with Gasteiger partial charge in [0.25, 0.3) is 11.6 Å². The molecule has 1 saturated heterocycles. The second-order valence-corrected chi connectivity index (χ2v) is 8.21. The number of nitro benzene ring substituents is 1. The minimum Gasteiger partial charge on any atom is -0.367 e. The van der Waals surface area contributed by atoms with E-state index in [1.54, 1.807) is 31.2 Å². The average Bonchev–Trinajstić information content (AvgIpc) is 2.81. The molecular weight excluding hydrogens is 447 g/mol. The van der Waals surface area contributed by atoms with E-state index >= 15 is 0 Å². The molecule has 33 heavy (non-hydrogen) atoms. The number of hydrogen-bond donors (Lipinski definition) is 1. The quantitative estimate of drug-likeness (QED) is 0.407. The first-order valence-electron chi connectivity index (χ1n) is 10.4. The third-order valence-electron chi connectivity index (χ3n) is 5.68. The van der Waals surface area contributed by atoms with Crippen LogP contribution in [0, 0.1) is 22.9 Å². The van der Waals surface area contributed by atoms with Crippen LogP contribution in [-0.4, -0.2) is 37.0 Å². The van der Waals surface area contributed by atoms with Gasteiger partial charge in [0.1, 0.15) is 11.5 Å². The molecule has 1 heterocycles. The van der Waals surface area contributed by atoms with Gasteiger partial charge in [-0.05, 0) is 48.9 Å².